The first kappa shape index (κ1) is 14.3. The third-order valence-corrected chi connectivity index (χ3v) is 3.64. The Labute approximate surface area is 94.4 Å². The van der Waals surface area contributed by atoms with Crippen LogP contribution >= 0.6 is 11.8 Å². The molecule has 0 aliphatic carbocycles. The highest BCUT2D eigenvalue weighted by atomic mass is 32.2. The van der Waals surface area contributed by atoms with E-state index in [2.05, 4.69) is 37.8 Å². The first-order valence-electron chi connectivity index (χ1n) is 6.16. The van der Waals surface area contributed by atoms with Crippen LogP contribution in [-0.2, 0) is 0 Å². The van der Waals surface area contributed by atoms with Gasteiger partial charge in [0.15, 0.2) is 0 Å². The fourth-order valence-electron chi connectivity index (χ4n) is 1.48. The zero-order valence-electron chi connectivity index (χ0n) is 10.1. The van der Waals surface area contributed by atoms with Crippen molar-refractivity contribution in [3.63, 3.8) is 0 Å². The van der Waals surface area contributed by atoms with Crippen LogP contribution in [0.3, 0.4) is 0 Å². The average molecular weight is 217 g/mol. The number of hydrogen-bond acceptors (Lipinski definition) is 2. The Morgan fingerprint density at radius 2 is 1.86 bits per heavy atom. The Balaban J connectivity index is 3.24. The molecule has 0 rings (SSSR count). The maximum Gasteiger partial charge on any atom is 0.00647 e. The smallest absolute Gasteiger partial charge is 0.00647 e. The van der Waals surface area contributed by atoms with E-state index in [0.717, 1.165) is 6.04 Å². The fraction of sp³-hybridized carbons (Fsp3) is 1.00. The van der Waals surface area contributed by atoms with Crippen LogP contribution in [0.5, 0.6) is 0 Å². The largest absolute Gasteiger partial charge is 0.314 e. The molecule has 0 amide bonds. The lowest BCUT2D eigenvalue weighted by atomic mass is 10.1. The molecule has 0 spiro atoms. The summed E-state index contributed by atoms with van der Waals surface area (Å²) in [5, 5.41) is 3.60. The second-order valence-electron chi connectivity index (χ2n) is 3.81. The number of thioether (sulfide) groups is 1. The van der Waals surface area contributed by atoms with Crippen LogP contribution in [0.4, 0.5) is 0 Å². The van der Waals surface area contributed by atoms with Gasteiger partial charge >= 0.3 is 0 Å². The van der Waals surface area contributed by atoms with Crippen molar-refractivity contribution in [2.45, 2.75) is 58.9 Å². The van der Waals surface area contributed by atoms with Crippen LogP contribution < -0.4 is 5.32 Å². The van der Waals surface area contributed by atoms with Gasteiger partial charge in [0.2, 0.25) is 0 Å². The summed E-state index contributed by atoms with van der Waals surface area (Å²) in [6.45, 7) is 7.95. The number of nitrogens with one attached hydrogen (secondary N) is 1. The third-order valence-electron chi connectivity index (χ3n) is 2.37. The van der Waals surface area contributed by atoms with Gasteiger partial charge in [0.1, 0.15) is 0 Å². The molecule has 0 radical (unpaired) electrons. The molecule has 0 saturated carbocycles. The van der Waals surface area contributed by atoms with E-state index in [1.165, 1.54) is 50.2 Å². The van der Waals surface area contributed by atoms with Crippen molar-refractivity contribution in [1.29, 1.82) is 0 Å². The van der Waals surface area contributed by atoms with Crippen molar-refractivity contribution in [2.75, 3.05) is 18.1 Å². The second-order valence-corrected chi connectivity index (χ2v) is 5.04. The van der Waals surface area contributed by atoms with Crippen LogP contribution in [0.1, 0.15) is 52.9 Å². The summed E-state index contributed by atoms with van der Waals surface area (Å²) in [6.07, 6.45) is 6.57. The Kier molecular flexibility index (Phi) is 11.6. The van der Waals surface area contributed by atoms with Crippen LogP contribution in [0.25, 0.3) is 0 Å². The lowest BCUT2D eigenvalue weighted by Gasteiger charge is -2.15. The Bertz CT molecular complexity index is 106. The lowest BCUT2D eigenvalue weighted by Crippen LogP contribution is -2.29. The van der Waals surface area contributed by atoms with E-state index in [1.807, 2.05) is 0 Å². The van der Waals surface area contributed by atoms with E-state index in [9.17, 15) is 0 Å². The quantitative estimate of drug-likeness (QED) is 0.560. The molecular weight excluding hydrogens is 190 g/mol. The number of rotatable bonds is 10. The Hall–Kier alpha value is 0.310. The Morgan fingerprint density at radius 3 is 2.43 bits per heavy atom. The molecule has 0 heterocycles. The molecule has 0 aliphatic rings. The van der Waals surface area contributed by atoms with E-state index in [1.54, 1.807) is 0 Å². The highest BCUT2D eigenvalue weighted by molar-refractivity contribution is 7.99. The second kappa shape index (κ2) is 11.4. The zero-order chi connectivity index (χ0) is 10.6. The lowest BCUT2D eigenvalue weighted by molar-refractivity contribution is 0.465. The van der Waals surface area contributed by atoms with Gasteiger partial charge in [0, 0.05) is 6.04 Å². The van der Waals surface area contributed by atoms with Crippen molar-refractivity contribution in [1.82, 2.24) is 5.32 Å². The molecule has 0 bridgehead atoms. The first-order valence-corrected chi connectivity index (χ1v) is 7.31. The van der Waals surface area contributed by atoms with Crippen LogP contribution in [0, 0.1) is 0 Å². The molecule has 2 heteroatoms. The van der Waals surface area contributed by atoms with Crippen LogP contribution in [-0.4, -0.2) is 24.1 Å². The maximum atomic E-state index is 3.60. The van der Waals surface area contributed by atoms with Gasteiger partial charge < -0.3 is 5.32 Å². The van der Waals surface area contributed by atoms with Crippen molar-refractivity contribution in [3.8, 4) is 0 Å². The predicted molar refractivity (Wildman–Crippen MR) is 69.2 cm³/mol. The van der Waals surface area contributed by atoms with Gasteiger partial charge in [-0.05, 0) is 50.2 Å². The standard InChI is InChI=1S/C12H27NS/c1-4-9-13-12(6-3)8-7-11-14-10-5-2/h12-13H,4-11H2,1-3H3. The van der Waals surface area contributed by atoms with E-state index in [4.69, 9.17) is 0 Å². The molecule has 0 aromatic carbocycles. The molecule has 0 aromatic heterocycles. The van der Waals surface area contributed by atoms with Crippen molar-refractivity contribution in [3.05, 3.63) is 0 Å². The molecule has 86 valence electrons. The monoisotopic (exact) mass is 217 g/mol. The van der Waals surface area contributed by atoms with Gasteiger partial charge in [-0.25, -0.2) is 0 Å². The molecule has 0 aromatic rings. The summed E-state index contributed by atoms with van der Waals surface area (Å²) in [5.74, 6) is 2.68. The highest BCUT2D eigenvalue weighted by Gasteiger charge is 2.03. The van der Waals surface area contributed by atoms with Gasteiger partial charge in [-0.3, -0.25) is 0 Å². The molecular formula is C12H27NS. The predicted octanol–water partition coefficient (Wildman–Crippen LogP) is 3.69. The minimum atomic E-state index is 0.761. The van der Waals surface area contributed by atoms with Gasteiger partial charge in [-0.15, -0.1) is 0 Å². The van der Waals surface area contributed by atoms with Crippen molar-refractivity contribution < 1.29 is 0 Å². The fourth-order valence-corrected chi connectivity index (χ4v) is 2.34. The van der Waals surface area contributed by atoms with E-state index in [-0.39, 0.29) is 0 Å². The topological polar surface area (TPSA) is 12.0 Å². The van der Waals surface area contributed by atoms with E-state index in [0.29, 0.717) is 0 Å². The molecule has 1 nitrogen and oxygen atoms in total. The summed E-state index contributed by atoms with van der Waals surface area (Å²) in [4.78, 5) is 0. The minimum Gasteiger partial charge on any atom is -0.314 e. The summed E-state index contributed by atoms with van der Waals surface area (Å²) >= 11 is 2.10. The molecule has 1 atom stereocenters. The molecule has 14 heavy (non-hydrogen) atoms. The summed E-state index contributed by atoms with van der Waals surface area (Å²) in [7, 11) is 0. The molecule has 1 N–H and O–H groups in total. The summed E-state index contributed by atoms with van der Waals surface area (Å²) in [6, 6.07) is 0.761. The van der Waals surface area contributed by atoms with Crippen molar-refractivity contribution >= 4 is 11.8 Å². The summed E-state index contributed by atoms with van der Waals surface area (Å²) < 4.78 is 0. The van der Waals surface area contributed by atoms with E-state index < -0.39 is 0 Å². The highest BCUT2D eigenvalue weighted by Crippen LogP contribution is 2.09. The zero-order valence-corrected chi connectivity index (χ0v) is 11.0. The van der Waals surface area contributed by atoms with Crippen molar-refractivity contribution in [2.24, 2.45) is 0 Å². The Morgan fingerprint density at radius 1 is 1.07 bits per heavy atom. The van der Waals surface area contributed by atoms with Gasteiger partial charge in [-0.1, -0.05) is 20.8 Å². The summed E-state index contributed by atoms with van der Waals surface area (Å²) in [5.41, 5.74) is 0. The molecule has 1 unspecified atom stereocenters. The third kappa shape index (κ3) is 8.89. The average Bonchev–Trinajstić information content (AvgIpc) is 2.22. The SMILES string of the molecule is CCCNC(CC)CCCSCCC. The van der Waals surface area contributed by atoms with E-state index >= 15 is 0 Å². The van der Waals surface area contributed by atoms with Crippen LogP contribution in [0.2, 0.25) is 0 Å². The molecule has 0 aliphatic heterocycles. The maximum absolute atomic E-state index is 3.60. The normalized spacial score (nSPS) is 13.1. The van der Waals surface area contributed by atoms with Gasteiger partial charge in [-0.2, -0.15) is 11.8 Å². The minimum absolute atomic E-state index is 0.761. The molecule has 0 fully saturated rings. The van der Waals surface area contributed by atoms with Crippen LogP contribution in [0.15, 0.2) is 0 Å². The number of hydrogen-bond donors (Lipinski definition) is 1. The molecule has 0 saturated heterocycles. The van der Waals surface area contributed by atoms with Gasteiger partial charge in [0.25, 0.3) is 0 Å². The first-order chi connectivity index (χ1) is 6.85. The van der Waals surface area contributed by atoms with Gasteiger partial charge in [0.05, 0.1) is 0 Å².